The van der Waals surface area contributed by atoms with Gasteiger partial charge in [-0.3, -0.25) is 4.79 Å². The van der Waals surface area contributed by atoms with Gasteiger partial charge in [0.1, 0.15) is 12.4 Å². The molecule has 6 heteroatoms. The number of nitrogens with zero attached hydrogens (tertiary/aromatic N) is 1. The molecule has 0 aliphatic rings. The van der Waals surface area contributed by atoms with E-state index < -0.39 is 0 Å². The van der Waals surface area contributed by atoms with E-state index in [2.05, 4.69) is 10.5 Å². The Bertz CT molecular complexity index is 986. The molecule has 1 amide bonds. The Morgan fingerprint density at radius 3 is 2.37 bits per heavy atom. The molecule has 30 heavy (non-hydrogen) atoms. The Balaban J connectivity index is 1.64. The van der Waals surface area contributed by atoms with E-state index in [0.29, 0.717) is 23.7 Å². The SMILES string of the molecule is COc1ccc(CC(=O)N/N=C\c2cccc(OC)c2OCc2ccccc2)cc1. The number of ether oxygens (including phenoxy) is 3. The molecule has 0 aliphatic heterocycles. The molecule has 0 saturated heterocycles. The summed E-state index contributed by atoms with van der Waals surface area (Å²) in [5.41, 5.74) is 5.17. The lowest BCUT2D eigenvalue weighted by Crippen LogP contribution is -2.19. The van der Waals surface area contributed by atoms with Gasteiger partial charge in [0.05, 0.1) is 26.9 Å². The molecule has 0 radical (unpaired) electrons. The van der Waals surface area contributed by atoms with Crippen molar-refractivity contribution in [1.29, 1.82) is 0 Å². The summed E-state index contributed by atoms with van der Waals surface area (Å²) in [5, 5.41) is 4.08. The minimum Gasteiger partial charge on any atom is -0.497 e. The fourth-order valence-electron chi connectivity index (χ4n) is 2.82. The first-order valence-electron chi connectivity index (χ1n) is 9.48. The summed E-state index contributed by atoms with van der Waals surface area (Å²) >= 11 is 0. The minimum absolute atomic E-state index is 0.217. The second-order valence-electron chi connectivity index (χ2n) is 6.47. The van der Waals surface area contributed by atoms with Crippen molar-refractivity contribution < 1.29 is 19.0 Å². The van der Waals surface area contributed by atoms with Crippen LogP contribution < -0.4 is 19.6 Å². The van der Waals surface area contributed by atoms with E-state index in [9.17, 15) is 4.79 Å². The highest BCUT2D eigenvalue weighted by Gasteiger charge is 2.10. The average molecular weight is 404 g/mol. The van der Waals surface area contributed by atoms with Gasteiger partial charge in [0.2, 0.25) is 5.91 Å². The minimum atomic E-state index is -0.217. The summed E-state index contributed by atoms with van der Waals surface area (Å²) in [6.45, 7) is 0.395. The topological polar surface area (TPSA) is 69.2 Å². The van der Waals surface area contributed by atoms with E-state index >= 15 is 0 Å². The molecule has 154 valence electrons. The maximum absolute atomic E-state index is 12.2. The number of methoxy groups -OCH3 is 2. The van der Waals surface area contributed by atoms with Gasteiger partial charge in [0, 0.05) is 5.56 Å². The fraction of sp³-hybridized carbons (Fsp3) is 0.167. The van der Waals surface area contributed by atoms with Crippen molar-refractivity contribution in [3.63, 3.8) is 0 Å². The number of nitrogens with one attached hydrogen (secondary N) is 1. The van der Waals surface area contributed by atoms with Crippen LogP contribution in [0.25, 0.3) is 0 Å². The van der Waals surface area contributed by atoms with Crippen molar-refractivity contribution in [3.05, 3.63) is 89.5 Å². The quantitative estimate of drug-likeness (QED) is 0.433. The maximum Gasteiger partial charge on any atom is 0.244 e. The Morgan fingerprint density at radius 2 is 1.67 bits per heavy atom. The van der Waals surface area contributed by atoms with Crippen LogP contribution in [0.2, 0.25) is 0 Å². The van der Waals surface area contributed by atoms with E-state index in [1.807, 2.05) is 72.8 Å². The molecule has 0 atom stereocenters. The number of carbonyl (C=O) groups is 1. The zero-order chi connectivity index (χ0) is 21.2. The third kappa shape index (κ3) is 5.85. The Morgan fingerprint density at radius 1 is 0.900 bits per heavy atom. The lowest BCUT2D eigenvalue weighted by atomic mass is 10.1. The van der Waals surface area contributed by atoms with E-state index in [4.69, 9.17) is 14.2 Å². The van der Waals surface area contributed by atoms with E-state index in [1.165, 1.54) is 0 Å². The molecule has 6 nitrogen and oxygen atoms in total. The average Bonchev–Trinajstić information content (AvgIpc) is 2.79. The summed E-state index contributed by atoms with van der Waals surface area (Å²) in [4.78, 5) is 12.2. The van der Waals surface area contributed by atoms with Crippen LogP contribution in [0.3, 0.4) is 0 Å². The molecular formula is C24H24N2O4. The zero-order valence-corrected chi connectivity index (χ0v) is 17.0. The summed E-state index contributed by atoms with van der Waals surface area (Å²) in [7, 11) is 3.19. The van der Waals surface area contributed by atoms with Crippen molar-refractivity contribution in [2.45, 2.75) is 13.0 Å². The van der Waals surface area contributed by atoms with Gasteiger partial charge < -0.3 is 14.2 Å². The highest BCUT2D eigenvalue weighted by molar-refractivity contribution is 5.86. The van der Waals surface area contributed by atoms with Crippen LogP contribution in [-0.4, -0.2) is 26.3 Å². The molecular weight excluding hydrogens is 380 g/mol. The molecule has 3 aromatic rings. The van der Waals surface area contributed by atoms with Crippen LogP contribution in [0, 0.1) is 0 Å². The molecule has 0 unspecified atom stereocenters. The monoisotopic (exact) mass is 404 g/mol. The van der Waals surface area contributed by atoms with Gasteiger partial charge in [-0.15, -0.1) is 0 Å². The van der Waals surface area contributed by atoms with E-state index in [-0.39, 0.29) is 12.3 Å². The molecule has 0 aromatic heterocycles. The number of rotatable bonds is 9. The molecule has 3 rings (SSSR count). The van der Waals surface area contributed by atoms with Gasteiger partial charge in [-0.1, -0.05) is 48.5 Å². The molecule has 0 heterocycles. The smallest absolute Gasteiger partial charge is 0.244 e. The second-order valence-corrected chi connectivity index (χ2v) is 6.47. The van der Waals surface area contributed by atoms with Gasteiger partial charge >= 0.3 is 0 Å². The molecule has 0 fully saturated rings. The lowest BCUT2D eigenvalue weighted by Gasteiger charge is -2.13. The molecule has 0 spiro atoms. The zero-order valence-electron chi connectivity index (χ0n) is 17.0. The lowest BCUT2D eigenvalue weighted by molar-refractivity contribution is -0.120. The van der Waals surface area contributed by atoms with Gasteiger partial charge in [-0.2, -0.15) is 5.10 Å². The largest absolute Gasteiger partial charge is 0.497 e. The number of hydrogen-bond acceptors (Lipinski definition) is 5. The number of amides is 1. The fourth-order valence-corrected chi connectivity index (χ4v) is 2.82. The van der Waals surface area contributed by atoms with Crippen LogP contribution in [-0.2, 0) is 17.8 Å². The van der Waals surface area contributed by atoms with Crippen molar-refractivity contribution >= 4 is 12.1 Å². The van der Waals surface area contributed by atoms with Crippen LogP contribution in [0.5, 0.6) is 17.2 Å². The summed E-state index contributed by atoms with van der Waals surface area (Å²) in [6, 6.07) is 22.7. The Labute approximate surface area is 176 Å². The molecule has 0 bridgehead atoms. The summed E-state index contributed by atoms with van der Waals surface area (Å²) < 4.78 is 16.5. The number of para-hydroxylation sites is 1. The first kappa shape index (κ1) is 20.9. The Kier molecular flexibility index (Phi) is 7.44. The van der Waals surface area contributed by atoms with Crippen LogP contribution in [0.15, 0.2) is 77.9 Å². The number of benzene rings is 3. The third-order valence-electron chi connectivity index (χ3n) is 4.37. The second kappa shape index (κ2) is 10.7. The first-order valence-corrected chi connectivity index (χ1v) is 9.48. The molecule has 3 aromatic carbocycles. The number of carbonyl (C=O) groups excluding carboxylic acids is 1. The number of hydrogen-bond donors (Lipinski definition) is 1. The maximum atomic E-state index is 12.2. The van der Waals surface area contributed by atoms with E-state index in [1.54, 1.807) is 20.4 Å². The van der Waals surface area contributed by atoms with Crippen LogP contribution >= 0.6 is 0 Å². The van der Waals surface area contributed by atoms with Crippen molar-refractivity contribution in [1.82, 2.24) is 5.43 Å². The highest BCUT2D eigenvalue weighted by Crippen LogP contribution is 2.30. The van der Waals surface area contributed by atoms with Gasteiger partial charge in [0.15, 0.2) is 11.5 Å². The summed E-state index contributed by atoms with van der Waals surface area (Å²) in [5.74, 6) is 1.70. The predicted octanol–water partition coefficient (Wildman–Crippen LogP) is 3.98. The highest BCUT2D eigenvalue weighted by atomic mass is 16.5. The van der Waals surface area contributed by atoms with Crippen molar-refractivity contribution in [2.24, 2.45) is 5.10 Å². The van der Waals surface area contributed by atoms with Gasteiger partial charge in [-0.05, 0) is 35.4 Å². The summed E-state index contributed by atoms with van der Waals surface area (Å²) in [6.07, 6.45) is 1.77. The molecule has 0 saturated carbocycles. The van der Waals surface area contributed by atoms with E-state index in [0.717, 1.165) is 16.9 Å². The predicted molar refractivity (Wildman–Crippen MR) is 116 cm³/mol. The third-order valence-corrected chi connectivity index (χ3v) is 4.37. The van der Waals surface area contributed by atoms with Crippen molar-refractivity contribution in [3.8, 4) is 17.2 Å². The first-order chi connectivity index (χ1) is 14.7. The van der Waals surface area contributed by atoms with Gasteiger partial charge in [-0.25, -0.2) is 5.43 Å². The molecule has 0 aliphatic carbocycles. The molecule has 1 N–H and O–H groups in total. The van der Waals surface area contributed by atoms with Crippen molar-refractivity contribution in [2.75, 3.05) is 14.2 Å². The van der Waals surface area contributed by atoms with Gasteiger partial charge in [0.25, 0.3) is 0 Å². The number of hydrazone groups is 1. The van der Waals surface area contributed by atoms with Crippen LogP contribution in [0.4, 0.5) is 0 Å². The van der Waals surface area contributed by atoms with Crippen LogP contribution in [0.1, 0.15) is 16.7 Å². The standard InChI is InChI=1S/C24H24N2O4/c1-28-21-13-11-18(12-14-21)15-23(27)26-25-16-20-9-6-10-22(29-2)24(20)30-17-19-7-4-3-5-8-19/h3-14,16H,15,17H2,1-2H3,(H,26,27)/b25-16-. The Hall–Kier alpha value is -3.80. The normalized spacial score (nSPS) is 10.6.